The predicted octanol–water partition coefficient (Wildman–Crippen LogP) is 1.94. The van der Waals surface area contributed by atoms with Gasteiger partial charge in [-0.15, -0.1) is 0 Å². The molecule has 1 atom stereocenters. The van der Waals surface area contributed by atoms with Gasteiger partial charge in [0.1, 0.15) is 11.8 Å². The van der Waals surface area contributed by atoms with E-state index in [0.29, 0.717) is 26.5 Å². The highest BCUT2D eigenvalue weighted by atomic mass is 79.9. The van der Waals surface area contributed by atoms with E-state index in [1.54, 1.807) is 6.07 Å². The summed E-state index contributed by atoms with van der Waals surface area (Å²) in [6.07, 6.45) is -4.23. The number of amides is 1. The second-order valence-corrected chi connectivity index (χ2v) is 8.80. The van der Waals surface area contributed by atoms with E-state index < -0.39 is 29.9 Å². The number of hydrogen-bond donors (Lipinski definition) is 1. The zero-order valence-electron chi connectivity index (χ0n) is 18.4. The zero-order valence-corrected chi connectivity index (χ0v) is 20.0. The van der Waals surface area contributed by atoms with Crippen molar-refractivity contribution in [3.8, 4) is 0 Å². The molecule has 4 rings (SSSR count). The van der Waals surface area contributed by atoms with Crippen LogP contribution >= 0.6 is 15.9 Å². The first-order valence-electron chi connectivity index (χ1n) is 10.6. The van der Waals surface area contributed by atoms with Crippen LogP contribution in [0.25, 0.3) is 11.0 Å². The fourth-order valence-electron chi connectivity index (χ4n) is 3.65. The molecule has 0 aliphatic carbocycles. The Kier molecular flexibility index (Phi) is 7.10. The van der Waals surface area contributed by atoms with Crippen LogP contribution < -0.4 is 14.9 Å². The fraction of sp³-hybridized carbons (Fsp3) is 0.333. The van der Waals surface area contributed by atoms with Crippen molar-refractivity contribution in [2.24, 2.45) is 0 Å². The number of benzene rings is 1. The molecule has 0 unspecified atom stereocenters. The lowest BCUT2D eigenvalue weighted by atomic mass is 10.2. The topological polar surface area (TPSA) is 138 Å². The van der Waals surface area contributed by atoms with Crippen molar-refractivity contribution in [3.63, 3.8) is 0 Å². The highest BCUT2D eigenvalue weighted by Crippen LogP contribution is 2.28. The van der Waals surface area contributed by atoms with Crippen LogP contribution in [0.5, 0.6) is 0 Å². The number of ether oxygens (including phenoxy) is 1. The molecular formula is C21H18BrF3N6O5. The molecule has 1 aliphatic heterocycles. The number of carbonyl (C=O) groups excluding carboxylic acids is 2. The zero-order chi connectivity index (χ0) is 26.0. The summed E-state index contributed by atoms with van der Waals surface area (Å²) in [7, 11) is 0. The van der Waals surface area contributed by atoms with Gasteiger partial charge in [-0.25, -0.2) is 4.73 Å². The van der Waals surface area contributed by atoms with Gasteiger partial charge in [-0.1, -0.05) is 15.9 Å². The van der Waals surface area contributed by atoms with E-state index in [1.807, 2.05) is 0 Å². The Morgan fingerprint density at radius 1 is 1.22 bits per heavy atom. The number of fused-ring (bicyclic) bond motifs is 1. The first-order chi connectivity index (χ1) is 17.0. The lowest BCUT2D eigenvalue weighted by Crippen LogP contribution is -2.44. The molecule has 11 nitrogen and oxygen atoms in total. The molecule has 1 fully saturated rings. The molecule has 3 heterocycles. The van der Waals surface area contributed by atoms with Crippen LogP contribution in [0.4, 0.5) is 19.1 Å². The van der Waals surface area contributed by atoms with Crippen LogP contribution in [0, 0.1) is 10.4 Å². The number of hydrogen-bond acceptors (Lipinski definition) is 8. The number of nitrogens with zero attached hydrogens (tertiary/aromatic N) is 5. The van der Waals surface area contributed by atoms with Crippen LogP contribution in [0.2, 0.25) is 0 Å². The minimum absolute atomic E-state index is 0.0280. The average molecular weight is 571 g/mol. The van der Waals surface area contributed by atoms with Crippen LogP contribution in [-0.4, -0.2) is 52.6 Å². The Morgan fingerprint density at radius 2 is 2.00 bits per heavy atom. The quantitative estimate of drug-likeness (QED) is 0.269. The van der Waals surface area contributed by atoms with Crippen LogP contribution in [0.15, 0.2) is 41.0 Å². The molecule has 1 aliphatic rings. The van der Waals surface area contributed by atoms with Gasteiger partial charge < -0.3 is 20.1 Å². The number of nitrogens with one attached hydrogen (secondary N) is 1. The van der Waals surface area contributed by atoms with Gasteiger partial charge in [0.25, 0.3) is 5.91 Å². The number of rotatable bonds is 6. The van der Waals surface area contributed by atoms with Gasteiger partial charge in [0, 0.05) is 40.1 Å². The molecule has 0 saturated carbocycles. The normalized spacial score (nSPS) is 15.8. The first-order valence-corrected chi connectivity index (χ1v) is 11.4. The SMILES string of the molecule is O=C(CCNc1n[n+]([O-])c2cc(Br)ccc2[n+]1[O-])O[C@@H]1CCN(C(=O)c2ccnc(C(F)(F)F)c2)C1. The lowest BCUT2D eigenvalue weighted by molar-refractivity contribution is -0.672. The third-order valence-electron chi connectivity index (χ3n) is 5.38. The molecule has 0 spiro atoms. The van der Waals surface area contributed by atoms with Crippen LogP contribution in [0.3, 0.4) is 0 Å². The van der Waals surface area contributed by atoms with E-state index in [9.17, 15) is 33.2 Å². The summed E-state index contributed by atoms with van der Waals surface area (Å²) in [5, 5.41) is 30.8. The number of esters is 1. The monoisotopic (exact) mass is 570 g/mol. The number of likely N-dealkylation sites (tertiary alicyclic amines) is 1. The second-order valence-electron chi connectivity index (χ2n) is 7.88. The van der Waals surface area contributed by atoms with Crippen molar-refractivity contribution < 1.29 is 37.1 Å². The number of aromatic nitrogens is 4. The van der Waals surface area contributed by atoms with Gasteiger partial charge in [0.2, 0.25) is 5.10 Å². The largest absolute Gasteiger partial charge is 0.739 e. The van der Waals surface area contributed by atoms with Crippen molar-refractivity contribution in [3.05, 3.63) is 62.7 Å². The van der Waals surface area contributed by atoms with Crippen molar-refractivity contribution in [2.75, 3.05) is 25.0 Å². The Bertz CT molecular complexity index is 1330. The van der Waals surface area contributed by atoms with E-state index in [1.165, 1.54) is 23.1 Å². The molecule has 2 aromatic heterocycles. The molecular weight excluding hydrogens is 553 g/mol. The summed E-state index contributed by atoms with van der Waals surface area (Å²) in [6.45, 7) is 0.179. The van der Waals surface area contributed by atoms with Crippen molar-refractivity contribution in [2.45, 2.75) is 25.1 Å². The summed E-state index contributed by atoms with van der Waals surface area (Å²) in [5.41, 5.74) is -1.18. The third-order valence-corrected chi connectivity index (χ3v) is 5.87. The summed E-state index contributed by atoms with van der Waals surface area (Å²) in [4.78, 5) is 29.6. The standard InChI is InChI=1S/C21H18BrF3N6O5/c22-13-1-2-15-16(10-13)31(35)28-20(30(15)34)27-7-4-18(32)36-14-5-8-29(11-14)19(33)12-3-6-26-17(9-12)21(23,24)25/h1-3,6,9-10,14H,4-5,7-8,11H2,(H,27,28)/t14-/m1/s1. The summed E-state index contributed by atoms with van der Waals surface area (Å²) in [5.74, 6) is -1.54. The Morgan fingerprint density at radius 3 is 2.75 bits per heavy atom. The molecule has 1 saturated heterocycles. The Hall–Kier alpha value is -3.75. The van der Waals surface area contributed by atoms with Gasteiger partial charge in [-0.3, -0.25) is 19.9 Å². The second kappa shape index (κ2) is 10.1. The van der Waals surface area contributed by atoms with Crippen molar-refractivity contribution >= 4 is 44.8 Å². The van der Waals surface area contributed by atoms with E-state index in [4.69, 9.17) is 4.74 Å². The van der Waals surface area contributed by atoms with Crippen LogP contribution in [0.1, 0.15) is 28.9 Å². The molecule has 1 amide bonds. The van der Waals surface area contributed by atoms with E-state index in [0.717, 1.165) is 6.20 Å². The first kappa shape index (κ1) is 25.3. The van der Waals surface area contributed by atoms with E-state index in [2.05, 4.69) is 31.3 Å². The van der Waals surface area contributed by atoms with Gasteiger partial charge in [0.15, 0.2) is 5.52 Å². The number of anilines is 1. The highest BCUT2D eigenvalue weighted by molar-refractivity contribution is 9.10. The third kappa shape index (κ3) is 5.56. The molecule has 36 heavy (non-hydrogen) atoms. The highest BCUT2D eigenvalue weighted by Gasteiger charge is 2.34. The summed E-state index contributed by atoms with van der Waals surface area (Å²) in [6, 6.07) is 6.36. The maximum absolute atomic E-state index is 12.9. The van der Waals surface area contributed by atoms with Gasteiger partial charge in [-0.2, -0.15) is 13.2 Å². The van der Waals surface area contributed by atoms with Crippen LogP contribution in [-0.2, 0) is 15.7 Å². The van der Waals surface area contributed by atoms with Gasteiger partial charge in [0.05, 0.1) is 19.5 Å². The smallest absolute Gasteiger partial charge is 0.460 e. The minimum atomic E-state index is -4.67. The summed E-state index contributed by atoms with van der Waals surface area (Å²) < 4.78 is 45.0. The number of alkyl halides is 3. The van der Waals surface area contributed by atoms with E-state index in [-0.39, 0.29) is 48.6 Å². The number of carbonyl (C=O) groups is 2. The number of pyridine rings is 1. The fourth-order valence-corrected chi connectivity index (χ4v) is 4.00. The molecule has 0 bridgehead atoms. The van der Waals surface area contributed by atoms with Crippen molar-refractivity contribution in [1.82, 2.24) is 15.0 Å². The molecule has 15 heteroatoms. The molecule has 1 N–H and O–H groups in total. The van der Waals surface area contributed by atoms with E-state index >= 15 is 0 Å². The molecule has 1 aromatic carbocycles. The summed E-state index contributed by atoms with van der Waals surface area (Å²) >= 11 is 3.21. The maximum Gasteiger partial charge on any atom is 0.460 e. The molecule has 190 valence electrons. The molecule has 3 aromatic rings. The Labute approximate surface area is 209 Å². The minimum Gasteiger partial charge on any atom is -0.739 e. The predicted molar refractivity (Wildman–Crippen MR) is 120 cm³/mol. The lowest BCUT2D eigenvalue weighted by Gasteiger charge is -2.17. The number of halogens is 4. The average Bonchev–Trinajstić information content (AvgIpc) is 3.29. The van der Waals surface area contributed by atoms with Gasteiger partial charge in [-0.05, 0) is 24.3 Å². The Balaban J connectivity index is 1.29. The molecule has 0 radical (unpaired) electrons. The maximum atomic E-state index is 12.9. The van der Waals surface area contributed by atoms with Crippen molar-refractivity contribution in [1.29, 1.82) is 0 Å². The van der Waals surface area contributed by atoms with Gasteiger partial charge >= 0.3 is 23.6 Å².